The van der Waals surface area contributed by atoms with Gasteiger partial charge in [0.15, 0.2) is 6.61 Å². The SMILES string of the molecule is Cc1nc(-c2ccsc2)sc1C(=O)OCc1nnc(-c2ccccc2)o1. The summed E-state index contributed by atoms with van der Waals surface area (Å²) in [6, 6.07) is 11.4. The van der Waals surface area contributed by atoms with Crippen molar-refractivity contribution in [2.75, 3.05) is 0 Å². The van der Waals surface area contributed by atoms with Crippen LogP contribution in [0.5, 0.6) is 0 Å². The quantitative estimate of drug-likeness (QED) is 0.469. The number of hydrogen-bond acceptors (Lipinski definition) is 8. The van der Waals surface area contributed by atoms with Crippen molar-refractivity contribution in [2.24, 2.45) is 0 Å². The molecule has 0 bridgehead atoms. The Kier molecular flexibility index (Phi) is 4.59. The second-order valence-corrected chi connectivity index (χ2v) is 7.17. The fourth-order valence-corrected chi connectivity index (χ4v) is 3.97. The third-order valence-corrected chi connectivity index (χ3v) is 5.43. The highest BCUT2D eigenvalue weighted by Gasteiger charge is 2.19. The molecule has 0 aliphatic rings. The van der Waals surface area contributed by atoms with E-state index in [1.165, 1.54) is 11.3 Å². The summed E-state index contributed by atoms with van der Waals surface area (Å²) in [6.07, 6.45) is 0. The molecule has 6 nitrogen and oxygen atoms in total. The number of carbonyl (C=O) groups is 1. The molecule has 0 radical (unpaired) electrons. The average molecular weight is 383 g/mol. The molecule has 0 unspecified atom stereocenters. The van der Waals surface area contributed by atoms with Gasteiger partial charge in [-0.2, -0.15) is 11.3 Å². The lowest BCUT2D eigenvalue weighted by molar-refractivity contribution is 0.0443. The van der Waals surface area contributed by atoms with Crippen LogP contribution in [0.3, 0.4) is 0 Å². The van der Waals surface area contributed by atoms with Gasteiger partial charge in [-0.15, -0.1) is 21.5 Å². The van der Waals surface area contributed by atoms with Crippen molar-refractivity contribution in [3.05, 3.63) is 63.6 Å². The van der Waals surface area contributed by atoms with E-state index < -0.39 is 5.97 Å². The van der Waals surface area contributed by atoms with Crippen LogP contribution in [-0.2, 0) is 11.3 Å². The number of rotatable bonds is 5. The molecule has 0 saturated heterocycles. The van der Waals surface area contributed by atoms with Crippen LogP contribution in [-0.4, -0.2) is 21.2 Å². The molecule has 3 heterocycles. The van der Waals surface area contributed by atoms with E-state index in [2.05, 4.69) is 15.2 Å². The minimum atomic E-state index is -0.444. The van der Waals surface area contributed by atoms with Crippen LogP contribution >= 0.6 is 22.7 Å². The summed E-state index contributed by atoms with van der Waals surface area (Å²) in [5.41, 5.74) is 2.47. The maximum Gasteiger partial charge on any atom is 0.350 e. The molecule has 0 fully saturated rings. The molecule has 3 aromatic heterocycles. The molecule has 0 atom stereocenters. The van der Waals surface area contributed by atoms with E-state index >= 15 is 0 Å². The Balaban J connectivity index is 1.44. The second-order valence-electron chi connectivity index (χ2n) is 5.39. The number of ether oxygens (including phenoxy) is 1. The first-order valence-electron chi connectivity index (χ1n) is 7.75. The van der Waals surface area contributed by atoms with Crippen LogP contribution in [0.1, 0.15) is 21.3 Å². The Morgan fingerprint density at radius 1 is 1.15 bits per heavy atom. The third kappa shape index (κ3) is 3.42. The normalized spacial score (nSPS) is 10.8. The molecule has 130 valence electrons. The van der Waals surface area contributed by atoms with Gasteiger partial charge in [0, 0.05) is 16.5 Å². The lowest BCUT2D eigenvalue weighted by atomic mass is 10.2. The molecule has 4 aromatic rings. The fraction of sp³-hybridized carbons (Fsp3) is 0.111. The van der Waals surface area contributed by atoms with Gasteiger partial charge in [-0.1, -0.05) is 18.2 Å². The molecule has 0 aliphatic heterocycles. The van der Waals surface area contributed by atoms with Gasteiger partial charge in [0.05, 0.1) is 5.69 Å². The van der Waals surface area contributed by atoms with Crippen LogP contribution < -0.4 is 0 Å². The van der Waals surface area contributed by atoms with Crippen molar-refractivity contribution in [1.29, 1.82) is 0 Å². The minimum Gasteiger partial charge on any atom is -0.451 e. The predicted molar refractivity (Wildman–Crippen MR) is 99.0 cm³/mol. The van der Waals surface area contributed by atoms with Gasteiger partial charge in [0.1, 0.15) is 9.88 Å². The summed E-state index contributed by atoms with van der Waals surface area (Å²) in [5.74, 6) is 0.198. The zero-order chi connectivity index (χ0) is 17.9. The molecule has 8 heteroatoms. The third-order valence-electron chi connectivity index (χ3n) is 3.56. The van der Waals surface area contributed by atoms with E-state index in [1.807, 2.05) is 47.2 Å². The summed E-state index contributed by atoms with van der Waals surface area (Å²) in [6.45, 7) is 1.72. The Morgan fingerprint density at radius 2 is 2.00 bits per heavy atom. The molecule has 26 heavy (non-hydrogen) atoms. The molecule has 0 spiro atoms. The van der Waals surface area contributed by atoms with E-state index in [1.54, 1.807) is 18.3 Å². The number of nitrogens with zero attached hydrogens (tertiary/aromatic N) is 3. The maximum atomic E-state index is 12.4. The highest BCUT2D eigenvalue weighted by atomic mass is 32.1. The van der Waals surface area contributed by atoms with Crippen LogP contribution in [0.25, 0.3) is 22.0 Å². The van der Waals surface area contributed by atoms with Crippen molar-refractivity contribution in [3.8, 4) is 22.0 Å². The molecule has 0 amide bonds. The van der Waals surface area contributed by atoms with E-state index in [-0.39, 0.29) is 12.5 Å². The van der Waals surface area contributed by atoms with Crippen molar-refractivity contribution in [1.82, 2.24) is 15.2 Å². The first-order chi connectivity index (χ1) is 12.7. The number of carbonyl (C=O) groups excluding carboxylic acids is 1. The summed E-state index contributed by atoms with van der Waals surface area (Å²) in [7, 11) is 0. The predicted octanol–water partition coefficient (Wildman–Crippen LogP) is 4.59. The smallest absolute Gasteiger partial charge is 0.350 e. The van der Waals surface area contributed by atoms with E-state index in [4.69, 9.17) is 9.15 Å². The Bertz CT molecular complexity index is 1020. The monoisotopic (exact) mass is 383 g/mol. The molecule has 1 aromatic carbocycles. The van der Waals surface area contributed by atoms with Gasteiger partial charge in [0.2, 0.25) is 5.89 Å². The first-order valence-corrected chi connectivity index (χ1v) is 9.51. The highest BCUT2D eigenvalue weighted by molar-refractivity contribution is 7.17. The molecule has 4 rings (SSSR count). The number of aryl methyl sites for hydroxylation is 1. The second kappa shape index (κ2) is 7.19. The Labute approximate surface area is 157 Å². The van der Waals surface area contributed by atoms with Crippen LogP contribution in [0.4, 0.5) is 0 Å². The summed E-state index contributed by atoms with van der Waals surface area (Å²) >= 11 is 2.91. The Hall–Kier alpha value is -2.84. The van der Waals surface area contributed by atoms with Crippen molar-refractivity contribution < 1.29 is 13.9 Å². The number of thiazole rings is 1. The van der Waals surface area contributed by atoms with Gasteiger partial charge in [0.25, 0.3) is 5.89 Å². The van der Waals surface area contributed by atoms with E-state index in [9.17, 15) is 4.79 Å². The molecule has 0 saturated carbocycles. The maximum absolute atomic E-state index is 12.4. The molecular weight excluding hydrogens is 370 g/mol. The Morgan fingerprint density at radius 3 is 2.77 bits per heavy atom. The van der Waals surface area contributed by atoms with Gasteiger partial charge >= 0.3 is 5.97 Å². The van der Waals surface area contributed by atoms with Crippen LogP contribution in [0, 0.1) is 6.92 Å². The lowest BCUT2D eigenvalue weighted by Crippen LogP contribution is -2.05. The zero-order valence-electron chi connectivity index (χ0n) is 13.7. The van der Waals surface area contributed by atoms with Gasteiger partial charge in [-0.05, 0) is 30.5 Å². The number of esters is 1. The molecule has 0 N–H and O–H groups in total. The molecule has 0 aliphatic carbocycles. The molecular formula is C18H13N3O3S2. The van der Waals surface area contributed by atoms with Gasteiger partial charge in [-0.25, -0.2) is 9.78 Å². The van der Waals surface area contributed by atoms with Gasteiger partial charge < -0.3 is 9.15 Å². The summed E-state index contributed by atoms with van der Waals surface area (Å²) in [5, 5.41) is 12.7. The minimum absolute atomic E-state index is 0.0796. The first kappa shape index (κ1) is 16.6. The largest absolute Gasteiger partial charge is 0.451 e. The average Bonchev–Trinajstić information content (AvgIpc) is 3.41. The van der Waals surface area contributed by atoms with Gasteiger partial charge in [-0.3, -0.25) is 0 Å². The topological polar surface area (TPSA) is 78.1 Å². The van der Waals surface area contributed by atoms with Crippen LogP contribution in [0.2, 0.25) is 0 Å². The zero-order valence-corrected chi connectivity index (χ0v) is 15.3. The van der Waals surface area contributed by atoms with Crippen molar-refractivity contribution in [2.45, 2.75) is 13.5 Å². The van der Waals surface area contributed by atoms with E-state index in [0.717, 1.165) is 16.1 Å². The van der Waals surface area contributed by atoms with Crippen molar-refractivity contribution >= 4 is 28.6 Å². The summed E-state index contributed by atoms with van der Waals surface area (Å²) in [4.78, 5) is 17.3. The number of aromatic nitrogens is 3. The number of thiophene rings is 1. The standard InChI is InChI=1S/C18H13N3O3S2/c1-11-15(26-17(19-11)13-7-8-25-10-13)18(22)23-9-14-20-21-16(24-14)12-5-3-2-4-6-12/h2-8,10H,9H2,1H3. The summed E-state index contributed by atoms with van der Waals surface area (Å²) < 4.78 is 10.9. The number of hydrogen-bond donors (Lipinski definition) is 0. The lowest BCUT2D eigenvalue weighted by Gasteiger charge is -1.99. The van der Waals surface area contributed by atoms with Crippen LogP contribution in [0.15, 0.2) is 51.6 Å². The number of benzene rings is 1. The highest BCUT2D eigenvalue weighted by Crippen LogP contribution is 2.30. The fourth-order valence-electron chi connectivity index (χ4n) is 2.30. The van der Waals surface area contributed by atoms with Crippen molar-refractivity contribution in [3.63, 3.8) is 0 Å². The van der Waals surface area contributed by atoms with E-state index in [0.29, 0.717) is 16.5 Å².